The van der Waals surface area contributed by atoms with Crippen molar-refractivity contribution in [3.63, 3.8) is 0 Å². The molecular weight excluding hydrogens is 234 g/mol. The molecule has 2 aromatic rings. The summed E-state index contributed by atoms with van der Waals surface area (Å²) in [5.41, 5.74) is 3.55. The van der Waals surface area contributed by atoms with Gasteiger partial charge in [0, 0.05) is 12.7 Å². The topological polar surface area (TPSA) is 29.0 Å². The van der Waals surface area contributed by atoms with Crippen molar-refractivity contribution in [2.75, 3.05) is 11.9 Å². The van der Waals surface area contributed by atoms with Crippen molar-refractivity contribution in [3.8, 4) is 0 Å². The Hall–Kier alpha value is -1.61. The Morgan fingerprint density at radius 3 is 2.59 bits per heavy atom. The first kappa shape index (κ1) is 11.9. The van der Waals surface area contributed by atoms with Crippen LogP contribution >= 0.6 is 11.6 Å². The summed E-state index contributed by atoms with van der Waals surface area (Å²) in [5, 5.41) is 0.402. The quantitative estimate of drug-likeness (QED) is 0.813. The lowest BCUT2D eigenvalue weighted by Gasteiger charge is -2.20. The largest absolute Gasteiger partial charge is 0.328 e. The highest BCUT2D eigenvalue weighted by Crippen LogP contribution is 2.26. The molecule has 3 nitrogen and oxygen atoms in total. The molecule has 17 heavy (non-hydrogen) atoms. The average Bonchev–Trinajstić information content (AvgIpc) is 2.28. The zero-order valence-corrected chi connectivity index (χ0v) is 10.9. The van der Waals surface area contributed by atoms with Crippen LogP contribution in [0.15, 0.2) is 30.6 Å². The number of halogens is 1. The lowest BCUT2D eigenvalue weighted by molar-refractivity contribution is 1.08. The number of nitrogens with zero attached hydrogens (tertiary/aromatic N) is 3. The van der Waals surface area contributed by atoms with E-state index in [2.05, 4.69) is 42.0 Å². The van der Waals surface area contributed by atoms with Gasteiger partial charge < -0.3 is 4.90 Å². The molecule has 0 atom stereocenters. The van der Waals surface area contributed by atoms with Crippen LogP contribution in [0.25, 0.3) is 0 Å². The SMILES string of the molecule is Cc1ccc(N(C)c2cncc(Cl)n2)c(C)c1. The normalized spacial score (nSPS) is 10.4. The van der Waals surface area contributed by atoms with Crippen molar-refractivity contribution in [1.29, 1.82) is 0 Å². The first-order valence-electron chi connectivity index (χ1n) is 5.36. The molecule has 1 aromatic heterocycles. The molecule has 0 spiro atoms. The molecule has 1 aromatic carbocycles. The van der Waals surface area contributed by atoms with Crippen molar-refractivity contribution < 1.29 is 0 Å². The van der Waals surface area contributed by atoms with E-state index in [-0.39, 0.29) is 0 Å². The van der Waals surface area contributed by atoms with E-state index in [1.165, 1.54) is 17.3 Å². The average molecular weight is 248 g/mol. The van der Waals surface area contributed by atoms with E-state index in [9.17, 15) is 0 Å². The summed E-state index contributed by atoms with van der Waals surface area (Å²) in [7, 11) is 1.96. The summed E-state index contributed by atoms with van der Waals surface area (Å²) in [6.45, 7) is 4.16. The van der Waals surface area contributed by atoms with E-state index in [1.54, 1.807) is 6.20 Å². The molecule has 2 rings (SSSR count). The molecule has 1 heterocycles. The fourth-order valence-electron chi connectivity index (χ4n) is 1.80. The van der Waals surface area contributed by atoms with Crippen molar-refractivity contribution >= 4 is 23.1 Å². The number of hydrogen-bond acceptors (Lipinski definition) is 3. The first-order valence-corrected chi connectivity index (χ1v) is 5.74. The van der Waals surface area contributed by atoms with Gasteiger partial charge in [0.05, 0.1) is 12.4 Å². The second-order valence-corrected chi connectivity index (χ2v) is 4.44. The molecule has 0 aliphatic heterocycles. The molecule has 88 valence electrons. The van der Waals surface area contributed by atoms with Crippen LogP contribution in [0.1, 0.15) is 11.1 Å². The molecule has 0 fully saturated rings. The molecule has 0 aliphatic rings. The third-order valence-electron chi connectivity index (χ3n) is 2.65. The van der Waals surface area contributed by atoms with Gasteiger partial charge in [0.15, 0.2) is 5.82 Å². The minimum Gasteiger partial charge on any atom is -0.328 e. The zero-order valence-electron chi connectivity index (χ0n) is 10.1. The minimum atomic E-state index is 0.402. The molecule has 0 radical (unpaired) electrons. The fourth-order valence-corrected chi connectivity index (χ4v) is 1.94. The third-order valence-corrected chi connectivity index (χ3v) is 2.83. The van der Waals surface area contributed by atoms with Gasteiger partial charge in [0.2, 0.25) is 0 Å². The molecule has 0 N–H and O–H groups in total. The van der Waals surface area contributed by atoms with Crippen LogP contribution < -0.4 is 4.90 Å². The Balaban J connectivity index is 2.40. The molecule has 0 unspecified atom stereocenters. The van der Waals surface area contributed by atoms with E-state index >= 15 is 0 Å². The van der Waals surface area contributed by atoms with Gasteiger partial charge >= 0.3 is 0 Å². The zero-order chi connectivity index (χ0) is 12.4. The summed E-state index contributed by atoms with van der Waals surface area (Å²) < 4.78 is 0. The van der Waals surface area contributed by atoms with Crippen LogP contribution in [0, 0.1) is 13.8 Å². The Morgan fingerprint density at radius 2 is 1.94 bits per heavy atom. The number of aromatic nitrogens is 2. The van der Waals surface area contributed by atoms with E-state index in [0.29, 0.717) is 5.15 Å². The number of benzene rings is 1. The number of aryl methyl sites for hydroxylation is 2. The first-order chi connectivity index (χ1) is 8.08. The number of anilines is 2. The highest BCUT2D eigenvalue weighted by Gasteiger charge is 2.08. The maximum atomic E-state index is 5.84. The van der Waals surface area contributed by atoms with Gasteiger partial charge in [-0.15, -0.1) is 0 Å². The summed E-state index contributed by atoms with van der Waals surface area (Å²) in [6.07, 6.45) is 3.23. The fraction of sp³-hybridized carbons (Fsp3) is 0.231. The second kappa shape index (κ2) is 4.72. The van der Waals surface area contributed by atoms with Crippen molar-refractivity contribution in [2.45, 2.75) is 13.8 Å². The summed E-state index contributed by atoms with van der Waals surface area (Å²) >= 11 is 5.84. The van der Waals surface area contributed by atoms with Gasteiger partial charge in [0.1, 0.15) is 5.15 Å². The minimum absolute atomic E-state index is 0.402. The Morgan fingerprint density at radius 1 is 1.18 bits per heavy atom. The third kappa shape index (κ3) is 2.56. The number of hydrogen-bond donors (Lipinski definition) is 0. The second-order valence-electron chi connectivity index (χ2n) is 4.05. The van der Waals surface area contributed by atoms with E-state index in [1.807, 2.05) is 11.9 Å². The van der Waals surface area contributed by atoms with Crippen LogP contribution in [0.3, 0.4) is 0 Å². The maximum Gasteiger partial charge on any atom is 0.153 e. The Labute approximate surface area is 106 Å². The highest BCUT2D eigenvalue weighted by molar-refractivity contribution is 6.29. The van der Waals surface area contributed by atoms with Crippen LogP contribution in [-0.4, -0.2) is 17.0 Å². The number of rotatable bonds is 2. The van der Waals surface area contributed by atoms with Gasteiger partial charge in [-0.25, -0.2) is 4.98 Å². The monoisotopic (exact) mass is 247 g/mol. The van der Waals surface area contributed by atoms with Crippen molar-refractivity contribution in [3.05, 3.63) is 46.9 Å². The van der Waals surface area contributed by atoms with E-state index in [4.69, 9.17) is 11.6 Å². The molecule has 4 heteroatoms. The van der Waals surface area contributed by atoms with Gasteiger partial charge in [-0.2, -0.15) is 0 Å². The van der Waals surface area contributed by atoms with Gasteiger partial charge in [0.25, 0.3) is 0 Å². The maximum absolute atomic E-state index is 5.84. The smallest absolute Gasteiger partial charge is 0.153 e. The van der Waals surface area contributed by atoms with Gasteiger partial charge in [-0.05, 0) is 25.5 Å². The lowest BCUT2D eigenvalue weighted by atomic mass is 10.1. The van der Waals surface area contributed by atoms with E-state index < -0.39 is 0 Å². The predicted molar refractivity (Wildman–Crippen MR) is 71.0 cm³/mol. The summed E-state index contributed by atoms with van der Waals surface area (Å²) in [4.78, 5) is 10.3. The van der Waals surface area contributed by atoms with Crippen molar-refractivity contribution in [1.82, 2.24) is 9.97 Å². The highest BCUT2D eigenvalue weighted by atomic mass is 35.5. The Bertz CT molecular complexity index is 540. The molecule has 0 aliphatic carbocycles. The van der Waals surface area contributed by atoms with Gasteiger partial charge in [-0.3, -0.25) is 4.98 Å². The lowest BCUT2D eigenvalue weighted by Crippen LogP contribution is -2.12. The van der Waals surface area contributed by atoms with Crippen molar-refractivity contribution in [2.24, 2.45) is 0 Å². The van der Waals surface area contributed by atoms with Crippen LogP contribution in [0.2, 0.25) is 5.15 Å². The molecular formula is C13H14ClN3. The summed E-state index contributed by atoms with van der Waals surface area (Å²) in [5.74, 6) is 0.740. The Kier molecular flexibility index (Phi) is 3.29. The van der Waals surface area contributed by atoms with Crippen LogP contribution in [-0.2, 0) is 0 Å². The molecule has 0 bridgehead atoms. The predicted octanol–water partition coefficient (Wildman–Crippen LogP) is 3.51. The van der Waals surface area contributed by atoms with E-state index in [0.717, 1.165) is 11.5 Å². The molecule has 0 saturated carbocycles. The standard InChI is InChI=1S/C13H14ClN3/c1-9-4-5-11(10(2)6-9)17(3)13-8-15-7-12(14)16-13/h4-8H,1-3H3. The molecule has 0 amide bonds. The summed E-state index contributed by atoms with van der Waals surface area (Å²) in [6, 6.07) is 6.30. The van der Waals surface area contributed by atoms with Crippen LogP contribution in [0.5, 0.6) is 0 Å². The molecule has 0 saturated heterocycles. The van der Waals surface area contributed by atoms with Gasteiger partial charge in [-0.1, -0.05) is 29.3 Å². The van der Waals surface area contributed by atoms with Crippen LogP contribution in [0.4, 0.5) is 11.5 Å².